The minimum Gasteiger partial charge on any atom is -0.145 e. The zero-order valence-corrected chi connectivity index (χ0v) is 8.83. The number of halogens is 2. The van der Waals surface area contributed by atoms with Crippen LogP contribution in [0.15, 0.2) is 34.6 Å². The highest BCUT2D eigenvalue weighted by atomic mass is 79.9. The maximum Gasteiger partial charge on any atom is 0.0545 e. The number of thiol groups is 1. The van der Waals surface area contributed by atoms with E-state index in [0.29, 0.717) is 0 Å². The lowest BCUT2D eigenvalue weighted by Gasteiger charge is -2.03. The van der Waals surface area contributed by atoms with E-state index in [2.05, 4.69) is 32.4 Å². The monoisotopic (exact) mass is 248 g/mol. The van der Waals surface area contributed by atoms with Gasteiger partial charge in [0.15, 0.2) is 0 Å². The second-order valence-corrected chi connectivity index (χ2v) is 6.37. The van der Waals surface area contributed by atoms with Gasteiger partial charge in [0.25, 0.3) is 0 Å². The van der Waals surface area contributed by atoms with Gasteiger partial charge in [-0.3, -0.25) is 0 Å². The smallest absolute Gasteiger partial charge is 0.0545 e. The summed E-state index contributed by atoms with van der Waals surface area (Å²) in [5.74, 6) is 0. The van der Waals surface area contributed by atoms with Crippen molar-refractivity contribution in [1.29, 1.82) is 0 Å². The molecule has 1 unspecified atom stereocenters. The molecule has 1 aromatic rings. The van der Waals surface area contributed by atoms with Crippen LogP contribution in [0.5, 0.6) is 0 Å². The van der Waals surface area contributed by atoms with Crippen LogP contribution in [-0.2, 0) is 0 Å². The second-order valence-electron chi connectivity index (χ2n) is 2.31. The molecule has 0 bridgehead atoms. The van der Waals surface area contributed by atoms with E-state index in [1.165, 1.54) is 10.5 Å². The van der Waals surface area contributed by atoms with Gasteiger partial charge in [0.05, 0.1) is 5.03 Å². The molecule has 0 N–H and O–H groups in total. The SMILES string of the molecule is ClC1=C[SH](Br)c2ccccc21. The van der Waals surface area contributed by atoms with Crippen LogP contribution >= 0.6 is 35.7 Å². The molecule has 0 saturated carbocycles. The van der Waals surface area contributed by atoms with Crippen LogP contribution in [0.1, 0.15) is 5.56 Å². The topological polar surface area (TPSA) is 0 Å². The molecule has 0 amide bonds. The third-order valence-corrected chi connectivity index (χ3v) is 5.18. The maximum absolute atomic E-state index is 5.98. The van der Waals surface area contributed by atoms with E-state index in [-0.39, 0.29) is 9.33 Å². The summed E-state index contributed by atoms with van der Waals surface area (Å²) in [5.41, 5.74) is 1.18. The molecule has 1 aliphatic heterocycles. The van der Waals surface area contributed by atoms with Gasteiger partial charge in [-0.25, -0.2) is 0 Å². The number of rotatable bonds is 0. The summed E-state index contributed by atoms with van der Waals surface area (Å²) in [7, 11) is -0.302. The van der Waals surface area contributed by atoms with Crippen molar-refractivity contribution in [3.63, 3.8) is 0 Å². The fraction of sp³-hybridized carbons (Fsp3) is 0. The van der Waals surface area contributed by atoms with E-state index in [1.807, 2.05) is 12.1 Å². The highest BCUT2D eigenvalue weighted by Crippen LogP contribution is 2.55. The lowest BCUT2D eigenvalue weighted by molar-refractivity contribution is 1.44. The van der Waals surface area contributed by atoms with Crippen LogP contribution in [0.25, 0.3) is 5.03 Å². The van der Waals surface area contributed by atoms with Gasteiger partial charge in [-0.05, 0) is 26.3 Å². The summed E-state index contributed by atoms with van der Waals surface area (Å²) in [6, 6.07) is 8.22. The first-order valence-electron chi connectivity index (χ1n) is 3.21. The van der Waals surface area contributed by atoms with Crippen LogP contribution < -0.4 is 0 Å². The molecular weight excluding hydrogens is 244 g/mol. The Hall–Kier alpha value is 0.0800. The van der Waals surface area contributed by atoms with E-state index < -0.39 is 0 Å². The Morgan fingerprint density at radius 2 is 2.00 bits per heavy atom. The highest BCUT2D eigenvalue weighted by Gasteiger charge is 2.15. The molecule has 1 aromatic carbocycles. The average molecular weight is 250 g/mol. The summed E-state index contributed by atoms with van der Waals surface area (Å²) in [6.45, 7) is 0. The number of hydrogen-bond acceptors (Lipinski definition) is 0. The van der Waals surface area contributed by atoms with E-state index in [4.69, 9.17) is 11.6 Å². The third kappa shape index (κ3) is 1.24. The van der Waals surface area contributed by atoms with Gasteiger partial charge in [-0.2, -0.15) is 0 Å². The molecule has 3 heteroatoms. The van der Waals surface area contributed by atoms with Gasteiger partial charge in [-0.15, -0.1) is 9.33 Å². The van der Waals surface area contributed by atoms with Crippen molar-refractivity contribution in [3.05, 3.63) is 35.2 Å². The largest absolute Gasteiger partial charge is 0.145 e. The Morgan fingerprint density at radius 3 is 2.73 bits per heavy atom. The molecule has 2 rings (SSSR count). The summed E-state index contributed by atoms with van der Waals surface area (Å²) < 4.78 is 0. The van der Waals surface area contributed by atoms with Crippen LogP contribution in [-0.4, -0.2) is 0 Å². The first kappa shape index (κ1) is 7.71. The van der Waals surface area contributed by atoms with Crippen LogP contribution in [0.4, 0.5) is 0 Å². The zero-order valence-electron chi connectivity index (χ0n) is 5.59. The van der Waals surface area contributed by atoms with Crippen molar-refractivity contribution in [1.82, 2.24) is 0 Å². The van der Waals surface area contributed by atoms with Crippen LogP contribution in [0.2, 0.25) is 0 Å². The molecule has 1 heterocycles. The Labute approximate surface area is 80.8 Å². The van der Waals surface area contributed by atoms with E-state index in [9.17, 15) is 0 Å². The fourth-order valence-electron chi connectivity index (χ4n) is 1.10. The van der Waals surface area contributed by atoms with Crippen LogP contribution in [0.3, 0.4) is 0 Å². The minimum absolute atomic E-state index is 0.302. The lowest BCUT2D eigenvalue weighted by atomic mass is 10.2. The molecule has 1 aliphatic rings. The zero-order chi connectivity index (χ0) is 7.84. The van der Waals surface area contributed by atoms with Crippen molar-refractivity contribution >= 4 is 40.8 Å². The summed E-state index contributed by atoms with van der Waals surface area (Å²) in [4.78, 5) is 1.33. The molecule has 0 radical (unpaired) electrons. The molecular formula is C8H6BrClS. The summed E-state index contributed by atoms with van der Waals surface area (Å²) in [5, 5.41) is 2.95. The lowest BCUT2D eigenvalue weighted by Crippen LogP contribution is -1.74. The standard InChI is InChI=1S/C8H6BrClS/c9-11-5-7(10)6-3-1-2-4-8(6)11/h1-5,11H. The van der Waals surface area contributed by atoms with Crippen molar-refractivity contribution < 1.29 is 0 Å². The molecule has 11 heavy (non-hydrogen) atoms. The molecule has 1 atom stereocenters. The van der Waals surface area contributed by atoms with Crippen LogP contribution in [0, 0.1) is 0 Å². The molecule has 0 aliphatic carbocycles. The molecule has 0 spiro atoms. The van der Waals surface area contributed by atoms with E-state index in [0.717, 1.165) is 5.03 Å². The second kappa shape index (κ2) is 2.85. The van der Waals surface area contributed by atoms with Gasteiger partial charge in [-0.1, -0.05) is 29.8 Å². The van der Waals surface area contributed by atoms with Crippen molar-refractivity contribution in [2.24, 2.45) is 0 Å². The van der Waals surface area contributed by atoms with Gasteiger partial charge in [0.2, 0.25) is 0 Å². The molecule has 58 valence electrons. The Balaban J connectivity index is 2.62. The third-order valence-electron chi connectivity index (χ3n) is 1.62. The maximum atomic E-state index is 5.98. The normalized spacial score (nSPS) is 24.5. The first-order chi connectivity index (χ1) is 5.29. The predicted molar refractivity (Wildman–Crippen MR) is 56.5 cm³/mol. The Morgan fingerprint density at radius 1 is 1.27 bits per heavy atom. The summed E-state index contributed by atoms with van der Waals surface area (Å²) in [6.07, 6.45) is 0. The number of benzene rings is 1. The average Bonchev–Trinajstić information content (AvgIpc) is 2.30. The quantitative estimate of drug-likeness (QED) is 0.662. The molecule has 0 aromatic heterocycles. The summed E-state index contributed by atoms with van der Waals surface area (Å²) >= 11 is 9.57. The highest BCUT2D eigenvalue weighted by molar-refractivity contribution is 9.54. The van der Waals surface area contributed by atoms with Crippen molar-refractivity contribution in [3.8, 4) is 0 Å². The van der Waals surface area contributed by atoms with Crippen molar-refractivity contribution in [2.75, 3.05) is 0 Å². The van der Waals surface area contributed by atoms with E-state index in [1.54, 1.807) is 0 Å². The predicted octanol–water partition coefficient (Wildman–Crippen LogP) is 3.91. The van der Waals surface area contributed by atoms with Gasteiger partial charge in [0, 0.05) is 10.5 Å². The molecule has 0 fully saturated rings. The Bertz CT molecular complexity index is 322. The number of fused-ring (bicyclic) bond motifs is 1. The van der Waals surface area contributed by atoms with Crippen molar-refractivity contribution in [2.45, 2.75) is 4.90 Å². The first-order valence-corrected chi connectivity index (χ1v) is 7.01. The molecule has 0 saturated heterocycles. The van der Waals surface area contributed by atoms with Gasteiger partial charge < -0.3 is 0 Å². The minimum atomic E-state index is -0.302. The van der Waals surface area contributed by atoms with Gasteiger partial charge in [0.1, 0.15) is 0 Å². The Kier molecular flexibility index (Phi) is 2.00. The number of hydrogen-bond donors (Lipinski definition) is 1. The van der Waals surface area contributed by atoms with Gasteiger partial charge >= 0.3 is 0 Å². The molecule has 0 nitrogen and oxygen atoms in total. The van der Waals surface area contributed by atoms with E-state index >= 15 is 0 Å². The fourth-order valence-corrected chi connectivity index (χ4v) is 4.65.